The number of aromatic nitrogens is 1. The standard InChI is InChI=1S/C21H18N2O3S/c1-25-16-10-8-15(9-11-16)13-20(24)23(14-17-5-4-12-26-17)21-22-18-6-2-3-7-19(18)27-21/h2-12H,13-14H2,1H3. The first-order chi connectivity index (χ1) is 13.2. The number of nitrogens with zero attached hydrogens (tertiary/aromatic N) is 2. The number of hydrogen-bond acceptors (Lipinski definition) is 5. The Morgan fingerprint density at radius 2 is 1.93 bits per heavy atom. The molecular formula is C21H18N2O3S. The Bertz CT molecular complexity index is 1010. The van der Waals surface area contributed by atoms with Crippen molar-refractivity contribution in [3.63, 3.8) is 0 Å². The first-order valence-corrected chi connectivity index (χ1v) is 9.36. The van der Waals surface area contributed by atoms with Gasteiger partial charge in [-0.3, -0.25) is 9.69 Å². The lowest BCUT2D eigenvalue weighted by atomic mass is 10.1. The van der Waals surface area contributed by atoms with E-state index in [1.54, 1.807) is 18.3 Å². The molecule has 2 aromatic carbocycles. The molecule has 0 unspecified atom stereocenters. The highest BCUT2D eigenvalue weighted by atomic mass is 32.1. The molecular weight excluding hydrogens is 360 g/mol. The van der Waals surface area contributed by atoms with Crippen LogP contribution in [0, 0.1) is 0 Å². The number of para-hydroxylation sites is 1. The van der Waals surface area contributed by atoms with Crippen LogP contribution in [0.1, 0.15) is 11.3 Å². The van der Waals surface area contributed by atoms with Crippen molar-refractivity contribution in [2.24, 2.45) is 0 Å². The highest BCUT2D eigenvalue weighted by molar-refractivity contribution is 7.22. The second-order valence-corrected chi connectivity index (χ2v) is 7.06. The number of amides is 1. The van der Waals surface area contributed by atoms with Crippen molar-refractivity contribution in [1.82, 2.24) is 4.98 Å². The topological polar surface area (TPSA) is 55.6 Å². The van der Waals surface area contributed by atoms with Gasteiger partial charge < -0.3 is 9.15 Å². The minimum absolute atomic E-state index is 0.0318. The Morgan fingerprint density at radius 1 is 1.11 bits per heavy atom. The average Bonchev–Trinajstić information content (AvgIpc) is 3.35. The number of furan rings is 1. The summed E-state index contributed by atoms with van der Waals surface area (Å²) in [6.07, 6.45) is 1.89. The molecule has 4 aromatic rings. The molecule has 0 saturated heterocycles. The van der Waals surface area contributed by atoms with Gasteiger partial charge in [-0.1, -0.05) is 35.6 Å². The third-order valence-electron chi connectivity index (χ3n) is 4.22. The van der Waals surface area contributed by atoms with Gasteiger partial charge in [-0.05, 0) is 42.0 Å². The molecule has 0 aliphatic heterocycles. The van der Waals surface area contributed by atoms with Crippen LogP contribution in [-0.2, 0) is 17.8 Å². The summed E-state index contributed by atoms with van der Waals surface area (Å²) in [5.74, 6) is 1.46. The van der Waals surface area contributed by atoms with Gasteiger partial charge in [0.05, 0.1) is 36.6 Å². The minimum atomic E-state index is -0.0318. The van der Waals surface area contributed by atoms with Crippen LogP contribution in [0.5, 0.6) is 5.75 Å². The van der Waals surface area contributed by atoms with E-state index in [-0.39, 0.29) is 12.3 Å². The lowest BCUT2D eigenvalue weighted by Gasteiger charge is -2.19. The van der Waals surface area contributed by atoms with E-state index in [4.69, 9.17) is 9.15 Å². The van der Waals surface area contributed by atoms with Crippen LogP contribution in [0.15, 0.2) is 71.3 Å². The van der Waals surface area contributed by atoms with Gasteiger partial charge in [-0.2, -0.15) is 0 Å². The highest BCUT2D eigenvalue weighted by Gasteiger charge is 2.21. The SMILES string of the molecule is COc1ccc(CC(=O)N(Cc2ccco2)c2nc3ccccc3s2)cc1. The molecule has 0 aliphatic rings. The van der Waals surface area contributed by atoms with Crippen LogP contribution in [0.4, 0.5) is 5.13 Å². The first kappa shape index (κ1) is 17.3. The number of hydrogen-bond donors (Lipinski definition) is 0. The molecule has 27 heavy (non-hydrogen) atoms. The molecule has 2 aromatic heterocycles. The summed E-state index contributed by atoms with van der Waals surface area (Å²) in [7, 11) is 1.62. The van der Waals surface area contributed by atoms with E-state index in [9.17, 15) is 4.79 Å². The van der Waals surface area contributed by atoms with Gasteiger partial charge in [-0.25, -0.2) is 4.98 Å². The van der Waals surface area contributed by atoms with Crippen LogP contribution in [0.25, 0.3) is 10.2 Å². The normalized spacial score (nSPS) is 10.9. The third kappa shape index (κ3) is 3.85. The van der Waals surface area contributed by atoms with Crippen molar-refractivity contribution < 1.29 is 13.9 Å². The number of fused-ring (bicyclic) bond motifs is 1. The number of rotatable bonds is 6. The van der Waals surface area contributed by atoms with E-state index >= 15 is 0 Å². The van der Waals surface area contributed by atoms with Gasteiger partial charge in [0, 0.05) is 0 Å². The number of carbonyl (C=O) groups excluding carboxylic acids is 1. The molecule has 0 spiro atoms. The number of anilines is 1. The summed E-state index contributed by atoms with van der Waals surface area (Å²) in [4.78, 5) is 19.4. The molecule has 0 bridgehead atoms. The summed E-state index contributed by atoms with van der Waals surface area (Å²) in [5.41, 5.74) is 1.81. The lowest BCUT2D eigenvalue weighted by molar-refractivity contribution is -0.118. The highest BCUT2D eigenvalue weighted by Crippen LogP contribution is 2.30. The molecule has 136 valence electrons. The summed E-state index contributed by atoms with van der Waals surface area (Å²) < 4.78 is 11.7. The monoisotopic (exact) mass is 378 g/mol. The van der Waals surface area contributed by atoms with E-state index in [0.29, 0.717) is 11.7 Å². The first-order valence-electron chi connectivity index (χ1n) is 8.54. The fourth-order valence-electron chi connectivity index (χ4n) is 2.81. The maximum Gasteiger partial charge on any atom is 0.233 e. The van der Waals surface area contributed by atoms with E-state index in [1.165, 1.54) is 11.3 Å². The number of benzene rings is 2. The Kier molecular flexibility index (Phi) is 4.89. The molecule has 4 rings (SSSR count). The molecule has 0 atom stereocenters. The molecule has 0 saturated carbocycles. The van der Waals surface area contributed by atoms with Gasteiger partial charge in [0.25, 0.3) is 0 Å². The third-order valence-corrected chi connectivity index (χ3v) is 5.28. The van der Waals surface area contributed by atoms with Crippen LogP contribution < -0.4 is 9.64 Å². The number of thiazole rings is 1. The zero-order valence-electron chi connectivity index (χ0n) is 14.8. The van der Waals surface area contributed by atoms with E-state index in [0.717, 1.165) is 27.3 Å². The van der Waals surface area contributed by atoms with Gasteiger partial charge in [0.1, 0.15) is 11.5 Å². The summed E-state index contributed by atoms with van der Waals surface area (Å²) in [5, 5.41) is 0.672. The summed E-state index contributed by atoms with van der Waals surface area (Å²) in [6.45, 7) is 0.349. The van der Waals surface area contributed by atoms with Gasteiger partial charge in [0.2, 0.25) is 5.91 Å². The number of methoxy groups -OCH3 is 1. The van der Waals surface area contributed by atoms with Gasteiger partial charge in [0.15, 0.2) is 5.13 Å². The van der Waals surface area contributed by atoms with Crippen LogP contribution in [0.3, 0.4) is 0 Å². The predicted octanol–water partition coefficient (Wildman–Crippen LogP) is 4.67. The van der Waals surface area contributed by atoms with E-state index < -0.39 is 0 Å². The fourth-order valence-corrected chi connectivity index (χ4v) is 3.79. The smallest absolute Gasteiger partial charge is 0.233 e. The number of ether oxygens (including phenoxy) is 1. The van der Waals surface area contributed by atoms with Gasteiger partial charge >= 0.3 is 0 Å². The predicted molar refractivity (Wildman–Crippen MR) is 106 cm³/mol. The largest absolute Gasteiger partial charge is 0.497 e. The zero-order chi connectivity index (χ0) is 18.6. The van der Waals surface area contributed by atoms with Crippen molar-refractivity contribution in [2.45, 2.75) is 13.0 Å². The Morgan fingerprint density at radius 3 is 2.63 bits per heavy atom. The maximum atomic E-state index is 13.1. The molecule has 0 aliphatic carbocycles. The molecule has 6 heteroatoms. The Hall–Kier alpha value is -3.12. The van der Waals surface area contributed by atoms with Crippen molar-refractivity contribution in [1.29, 1.82) is 0 Å². The quantitative estimate of drug-likeness (QED) is 0.489. The van der Waals surface area contributed by atoms with E-state index in [1.807, 2.05) is 60.7 Å². The fraction of sp³-hybridized carbons (Fsp3) is 0.143. The van der Waals surface area contributed by atoms with Crippen molar-refractivity contribution in [3.8, 4) is 5.75 Å². The van der Waals surface area contributed by atoms with E-state index in [2.05, 4.69) is 4.98 Å². The molecule has 0 radical (unpaired) electrons. The molecule has 0 fully saturated rings. The van der Waals surface area contributed by atoms with Crippen LogP contribution in [-0.4, -0.2) is 18.0 Å². The summed E-state index contributed by atoms with van der Waals surface area (Å²) in [6, 6.07) is 19.1. The lowest BCUT2D eigenvalue weighted by Crippen LogP contribution is -2.31. The zero-order valence-corrected chi connectivity index (χ0v) is 15.6. The second kappa shape index (κ2) is 7.63. The molecule has 5 nitrogen and oxygen atoms in total. The van der Waals surface area contributed by atoms with Crippen LogP contribution >= 0.6 is 11.3 Å². The van der Waals surface area contributed by atoms with Gasteiger partial charge in [-0.15, -0.1) is 0 Å². The molecule has 2 heterocycles. The van der Waals surface area contributed by atoms with Crippen molar-refractivity contribution in [3.05, 3.63) is 78.3 Å². The average molecular weight is 378 g/mol. The second-order valence-electron chi connectivity index (χ2n) is 6.05. The van der Waals surface area contributed by atoms with Crippen molar-refractivity contribution in [2.75, 3.05) is 12.0 Å². The van der Waals surface area contributed by atoms with Crippen LogP contribution in [0.2, 0.25) is 0 Å². The minimum Gasteiger partial charge on any atom is -0.497 e. The summed E-state index contributed by atoms with van der Waals surface area (Å²) >= 11 is 1.50. The van der Waals surface area contributed by atoms with Crippen molar-refractivity contribution >= 4 is 32.6 Å². The Labute approximate surface area is 160 Å². The Balaban J connectivity index is 1.62. The number of carbonyl (C=O) groups is 1. The maximum absolute atomic E-state index is 13.1. The molecule has 1 amide bonds. The molecule has 0 N–H and O–H groups in total.